The van der Waals surface area contributed by atoms with E-state index in [1.54, 1.807) is 10.9 Å². The van der Waals surface area contributed by atoms with E-state index in [2.05, 4.69) is 15.5 Å². The summed E-state index contributed by atoms with van der Waals surface area (Å²) in [6, 6.07) is -0.754. The molecule has 0 bridgehead atoms. The molecule has 7 amide bonds. The van der Waals surface area contributed by atoms with Crippen molar-refractivity contribution in [3.63, 3.8) is 0 Å². The third kappa shape index (κ3) is 7.45. The first-order valence-corrected chi connectivity index (χ1v) is 17.8. The summed E-state index contributed by atoms with van der Waals surface area (Å²) >= 11 is 13.3. The molecule has 1 aromatic carbocycles. The Bertz CT molecular complexity index is 2150. The van der Waals surface area contributed by atoms with Gasteiger partial charge in [0.25, 0.3) is 11.7 Å². The smallest absolute Gasteiger partial charge is 0.350 e. The minimum atomic E-state index is -2.17. The first-order valence-electron chi connectivity index (χ1n) is 15.3. The number of phenolic OH excluding ortho intramolecular Hbond substituents is 2. The molecule has 298 valence electrons. The van der Waals surface area contributed by atoms with Crippen molar-refractivity contribution in [3.8, 4) is 11.5 Å². The van der Waals surface area contributed by atoms with Gasteiger partial charge in [0.05, 0.1) is 23.7 Å². The number of anilines is 1. The Balaban J connectivity index is 1.23. The predicted octanol–water partition coefficient (Wildman–Crippen LogP) is -1.99. The second kappa shape index (κ2) is 15.2. The normalized spacial score (nSPS) is 20.5. The van der Waals surface area contributed by atoms with Crippen LogP contribution in [-0.2, 0) is 38.4 Å². The van der Waals surface area contributed by atoms with Crippen LogP contribution in [0.15, 0.2) is 17.3 Å². The van der Waals surface area contributed by atoms with Crippen LogP contribution in [-0.4, -0.2) is 141 Å². The number of aromatic hydroxyl groups is 2. The number of Topliss-reactive ketones (excluding diaryl/α,β-unsaturated/α-hetero) is 1. The molecule has 0 radical (unpaired) electrons. The molecule has 24 nitrogen and oxygen atoms in total. The summed E-state index contributed by atoms with van der Waals surface area (Å²) in [5.74, 6) is -12.5. The van der Waals surface area contributed by atoms with Crippen LogP contribution in [0.2, 0.25) is 9.36 Å². The minimum absolute atomic E-state index is 0.0915. The average Bonchev–Trinajstić information content (AvgIpc) is 3.80. The molecule has 28 heteroatoms. The number of amides is 7. The van der Waals surface area contributed by atoms with Crippen LogP contribution >= 0.6 is 46.3 Å². The van der Waals surface area contributed by atoms with E-state index in [-0.39, 0.29) is 28.3 Å². The number of hydrazine groups is 2. The van der Waals surface area contributed by atoms with Gasteiger partial charge in [-0.25, -0.2) is 24.4 Å². The van der Waals surface area contributed by atoms with E-state index >= 15 is 0 Å². The second-order valence-corrected chi connectivity index (χ2v) is 15.5. The van der Waals surface area contributed by atoms with Gasteiger partial charge in [0.1, 0.15) is 21.4 Å². The van der Waals surface area contributed by atoms with Crippen LogP contribution in [0, 0.1) is 0 Å². The van der Waals surface area contributed by atoms with E-state index < -0.39 is 110 Å². The molecule has 3 aliphatic rings. The molecular formula is C28H26Cl2N10O14S2. The van der Waals surface area contributed by atoms with E-state index in [1.807, 2.05) is 5.43 Å². The van der Waals surface area contributed by atoms with Gasteiger partial charge in [0.2, 0.25) is 16.4 Å². The van der Waals surface area contributed by atoms with Gasteiger partial charge in [-0.3, -0.25) is 49.9 Å². The highest BCUT2D eigenvalue weighted by Crippen LogP contribution is 2.49. The van der Waals surface area contributed by atoms with Crippen LogP contribution in [0.4, 0.5) is 9.93 Å². The van der Waals surface area contributed by atoms with Crippen molar-refractivity contribution in [3.05, 3.63) is 32.7 Å². The highest BCUT2D eigenvalue weighted by molar-refractivity contribution is 8.02. The first kappa shape index (κ1) is 41.1. The van der Waals surface area contributed by atoms with Gasteiger partial charge in [-0.1, -0.05) is 51.5 Å². The Kier molecular flexibility index (Phi) is 11.1. The maximum atomic E-state index is 13.4. The third-order valence-electron chi connectivity index (χ3n) is 8.11. The number of carboxylic acids is 2. The van der Waals surface area contributed by atoms with E-state index in [1.165, 1.54) is 0 Å². The van der Waals surface area contributed by atoms with Crippen molar-refractivity contribution in [1.29, 1.82) is 0 Å². The fourth-order valence-corrected chi connectivity index (χ4v) is 7.91. The lowest BCUT2D eigenvalue weighted by molar-refractivity contribution is -0.161. The van der Waals surface area contributed by atoms with Crippen molar-refractivity contribution in [2.75, 3.05) is 25.4 Å². The molecule has 0 spiro atoms. The number of thioether (sulfide) groups is 1. The molecule has 2 aromatic rings. The monoisotopic (exact) mass is 860 g/mol. The Hall–Kier alpha value is -6.12. The number of nitrogen functional groups attached to an aromatic ring is 1. The Labute approximate surface area is 329 Å². The number of hydrogen-bond acceptors (Lipinski definition) is 17. The Morgan fingerprint density at radius 1 is 1.02 bits per heavy atom. The number of hydrogen-bond donors (Lipinski definition) is 9. The van der Waals surface area contributed by atoms with E-state index in [4.69, 9.17) is 33.8 Å². The number of carbonyl (C=O) groups is 9. The van der Waals surface area contributed by atoms with Crippen LogP contribution < -0.4 is 27.3 Å². The number of carboxylic acid groups (broad SMARTS) is 2. The summed E-state index contributed by atoms with van der Waals surface area (Å²) in [6.45, 7) is 0.969. The highest BCUT2D eigenvalue weighted by atomic mass is 35.5. The van der Waals surface area contributed by atoms with Gasteiger partial charge < -0.3 is 41.2 Å². The molecule has 1 aromatic heterocycles. The lowest BCUT2D eigenvalue weighted by Gasteiger charge is -2.41. The molecule has 4 heterocycles. The van der Waals surface area contributed by atoms with Gasteiger partial charge in [0, 0.05) is 6.54 Å². The molecule has 3 fully saturated rings. The number of oxime groups is 1. The molecule has 0 aliphatic carbocycles. The molecule has 0 saturated carbocycles. The van der Waals surface area contributed by atoms with Crippen LogP contribution in [0.1, 0.15) is 29.9 Å². The standard InChI is InChI=1S/C28H26Cl2N10O14S2/c1-27(2,23(49)50)54-37-12(11-16(30)55-25(31)33-11)17(44)32-13-21(48)38-7-28(24(51)52,56-22(13)38)39-5-6-40(26(39)53)36-20(47)19(46)35-34-18(45)14(42)8-3-4-9(41)15(43)10(8)29/h3-4,13,22,41,43H,5-7H2,1-2H3,(H2,31,33)(H,32,44)(H,34,45)(H,35,46)(H,36,47)(H,49,50)(H,51,52)/b37-12-/t13-,22-,28-/m1/s1. The van der Waals surface area contributed by atoms with Crippen molar-refractivity contribution in [1.82, 2.24) is 41.4 Å². The molecule has 5 rings (SSSR count). The summed E-state index contributed by atoms with van der Waals surface area (Å²) < 4.78 is -0.130. The van der Waals surface area contributed by atoms with Crippen molar-refractivity contribution in [2.24, 2.45) is 5.16 Å². The minimum Gasteiger partial charge on any atom is -0.504 e. The summed E-state index contributed by atoms with van der Waals surface area (Å²) in [5.41, 5.74) is 7.44. The van der Waals surface area contributed by atoms with E-state index in [0.29, 0.717) is 16.8 Å². The van der Waals surface area contributed by atoms with Crippen LogP contribution in [0.25, 0.3) is 0 Å². The third-order valence-corrected chi connectivity index (χ3v) is 11.3. The molecule has 10 N–H and O–H groups in total. The van der Waals surface area contributed by atoms with Gasteiger partial charge >= 0.3 is 35.7 Å². The molecular weight excluding hydrogens is 835 g/mol. The summed E-state index contributed by atoms with van der Waals surface area (Å²) in [5, 5.41) is 43.6. The number of urea groups is 1. The topological polar surface area (TPSA) is 353 Å². The number of thiazole rings is 1. The number of nitrogens with two attached hydrogens (primary N) is 1. The van der Waals surface area contributed by atoms with Gasteiger partial charge in [-0.2, -0.15) is 0 Å². The summed E-state index contributed by atoms with van der Waals surface area (Å²) in [6.07, 6.45) is 0. The molecule has 56 heavy (non-hydrogen) atoms. The number of ketones is 1. The predicted molar refractivity (Wildman–Crippen MR) is 189 cm³/mol. The van der Waals surface area contributed by atoms with Crippen molar-refractivity contribution < 1.29 is 68.4 Å². The molecule has 0 unspecified atom stereocenters. The summed E-state index contributed by atoms with van der Waals surface area (Å²) in [7, 11) is 0. The largest absolute Gasteiger partial charge is 0.504 e. The van der Waals surface area contributed by atoms with Crippen molar-refractivity contribution in [2.45, 2.75) is 35.7 Å². The number of aliphatic carboxylic acids is 2. The maximum absolute atomic E-state index is 13.4. The number of nitrogens with zero attached hydrogens (tertiary/aromatic N) is 5. The number of halogens is 2. The zero-order valence-electron chi connectivity index (χ0n) is 28.2. The Morgan fingerprint density at radius 3 is 2.29 bits per heavy atom. The number of phenols is 2. The first-order chi connectivity index (χ1) is 26.1. The molecule has 3 aliphatic heterocycles. The quantitative estimate of drug-likeness (QED) is 0.0295. The SMILES string of the molecule is CC(C)(O/N=C(\C(=O)N[C@@H]1C(=O)N2C[C@@](C(=O)O)(N3CCN(NC(=O)C(=O)NNC(=O)C(=O)c4ccc(O)c(O)c4Cl)C3=O)S[C@H]12)c1nc(N)sc1Cl)C(=O)O. The molecule has 3 saturated heterocycles. The number of aromatic nitrogens is 1. The number of rotatable bonds is 11. The van der Waals surface area contributed by atoms with Gasteiger partial charge in [0.15, 0.2) is 22.3 Å². The number of β-lactam (4-membered cyclic amide) rings is 1. The number of fused-ring (bicyclic) bond motifs is 1. The average molecular weight is 862 g/mol. The fraction of sp³-hybridized carbons (Fsp3) is 0.321. The number of carbonyl (C=O) groups excluding carboxylic acids is 7. The van der Waals surface area contributed by atoms with Gasteiger partial charge in [-0.15, -0.1) is 0 Å². The lowest BCUT2D eigenvalue weighted by atomic mass is 10.1. The number of nitrogens with one attached hydrogen (secondary N) is 4. The van der Waals surface area contributed by atoms with E-state index in [9.17, 15) is 63.6 Å². The Morgan fingerprint density at radius 2 is 1.68 bits per heavy atom. The molecule has 3 atom stereocenters. The van der Waals surface area contributed by atoms with Crippen LogP contribution in [0.5, 0.6) is 11.5 Å². The summed E-state index contributed by atoms with van der Waals surface area (Å²) in [4.78, 5) is 123. The fourth-order valence-electron chi connectivity index (χ4n) is 5.10. The maximum Gasteiger partial charge on any atom is 0.350 e. The zero-order chi connectivity index (χ0) is 41.6. The van der Waals surface area contributed by atoms with E-state index in [0.717, 1.165) is 47.1 Å². The number of benzene rings is 1. The van der Waals surface area contributed by atoms with Crippen LogP contribution in [0.3, 0.4) is 0 Å². The van der Waals surface area contributed by atoms with Gasteiger partial charge in [-0.05, 0) is 26.0 Å². The van der Waals surface area contributed by atoms with Crippen molar-refractivity contribution >= 4 is 110 Å². The second-order valence-electron chi connectivity index (χ2n) is 12.1. The zero-order valence-corrected chi connectivity index (χ0v) is 31.3. The highest BCUT2D eigenvalue weighted by Gasteiger charge is 2.66. The lowest BCUT2D eigenvalue weighted by Crippen LogP contribution is -2.68.